The maximum atomic E-state index is 13.1. The fourth-order valence-corrected chi connectivity index (χ4v) is 3.33. The highest BCUT2D eigenvalue weighted by Crippen LogP contribution is 2.37. The maximum absolute atomic E-state index is 13.1. The number of aryl methyl sites for hydroxylation is 2. The summed E-state index contributed by atoms with van der Waals surface area (Å²) >= 11 is 0. The molecule has 130 valence electrons. The van der Waals surface area contributed by atoms with Crippen molar-refractivity contribution >= 4 is 17.3 Å². The van der Waals surface area contributed by atoms with Gasteiger partial charge in [-0.1, -0.05) is 36.8 Å². The third-order valence-corrected chi connectivity index (χ3v) is 4.76. The second-order valence-corrected chi connectivity index (χ2v) is 6.55. The van der Waals surface area contributed by atoms with E-state index in [2.05, 4.69) is 29.4 Å². The van der Waals surface area contributed by atoms with Gasteiger partial charge in [0.15, 0.2) is 6.17 Å². The molecule has 1 atom stereocenters. The van der Waals surface area contributed by atoms with E-state index in [1.165, 1.54) is 5.56 Å². The molecule has 3 aromatic rings. The van der Waals surface area contributed by atoms with Gasteiger partial charge in [-0.25, -0.2) is 0 Å². The Bertz CT molecular complexity index is 950. The van der Waals surface area contributed by atoms with E-state index < -0.39 is 0 Å². The number of benzene rings is 2. The Morgan fingerprint density at radius 3 is 2.65 bits per heavy atom. The lowest BCUT2D eigenvalue weighted by molar-refractivity contribution is 0.0993. The van der Waals surface area contributed by atoms with Crippen LogP contribution in [0, 0.1) is 6.92 Å². The van der Waals surface area contributed by atoms with Crippen molar-refractivity contribution in [2.45, 2.75) is 26.4 Å². The number of fused-ring (bicyclic) bond motifs is 1. The van der Waals surface area contributed by atoms with Gasteiger partial charge in [-0.05, 0) is 55.3 Å². The van der Waals surface area contributed by atoms with Gasteiger partial charge in [0.1, 0.15) is 0 Å². The van der Waals surface area contributed by atoms with Crippen molar-refractivity contribution in [2.24, 2.45) is 0 Å². The van der Waals surface area contributed by atoms with E-state index in [4.69, 9.17) is 0 Å². The molecule has 4 rings (SSSR count). The second kappa shape index (κ2) is 6.64. The van der Waals surface area contributed by atoms with Crippen LogP contribution in [0.5, 0.6) is 0 Å². The normalized spacial score (nSPS) is 15.8. The molecule has 1 N–H and O–H groups in total. The first-order valence-electron chi connectivity index (χ1n) is 8.88. The Labute approximate surface area is 153 Å². The topological polar surface area (TPSA) is 45.2 Å². The Morgan fingerprint density at radius 2 is 1.88 bits per heavy atom. The summed E-state index contributed by atoms with van der Waals surface area (Å²) in [4.78, 5) is 19.3. The fourth-order valence-electron chi connectivity index (χ4n) is 3.33. The van der Waals surface area contributed by atoms with Crippen LogP contribution in [0.15, 0.2) is 66.9 Å². The molecule has 0 fully saturated rings. The summed E-state index contributed by atoms with van der Waals surface area (Å²) in [5.41, 5.74) is 5.68. The molecule has 0 bridgehead atoms. The van der Waals surface area contributed by atoms with Gasteiger partial charge >= 0.3 is 0 Å². The number of hydrogen-bond acceptors (Lipinski definition) is 3. The number of carbonyl (C=O) groups is 1. The zero-order valence-electron chi connectivity index (χ0n) is 14.9. The summed E-state index contributed by atoms with van der Waals surface area (Å²) in [7, 11) is 0. The number of anilines is 2. The highest BCUT2D eigenvalue weighted by Gasteiger charge is 2.38. The monoisotopic (exact) mass is 343 g/mol. The Morgan fingerprint density at radius 1 is 1.08 bits per heavy atom. The van der Waals surface area contributed by atoms with Crippen LogP contribution in [0.2, 0.25) is 0 Å². The predicted molar refractivity (Wildman–Crippen MR) is 104 cm³/mol. The van der Waals surface area contributed by atoms with E-state index in [1.807, 2.05) is 55.5 Å². The Hall–Kier alpha value is -3.14. The average Bonchev–Trinajstić information content (AvgIpc) is 2.95. The van der Waals surface area contributed by atoms with Crippen molar-refractivity contribution in [1.82, 2.24) is 4.98 Å². The van der Waals surface area contributed by atoms with Crippen LogP contribution in [-0.4, -0.2) is 10.9 Å². The number of pyridine rings is 1. The fraction of sp³-hybridized carbons (Fsp3) is 0.182. The number of aromatic nitrogens is 1. The molecule has 0 radical (unpaired) electrons. The van der Waals surface area contributed by atoms with Gasteiger partial charge in [0.2, 0.25) is 0 Å². The first-order valence-corrected chi connectivity index (χ1v) is 8.88. The number of hydrogen-bond donors (Lipinski definition) is 1. The van der Waals surface area contributed by atoms with Gasteiger partial charge in [0.05, 0.1) is 11.3 Å². The molecule has 0 saturated heterocycles. The van der Waals surface area contributed by atoms with Crippen LogP contribution in [-0.2, 0) is 6.42 Å². The first kappa shape index (κ1) is 16.3. The molecule has 1 aromatic heterocycles. The van der Waals surface area contributed by atoms with Crippen molar-refractivity contribution in [3.63, 3.8) is 0 Å². The largest absolute Gasteiger partial charge is 0.360 e. The predicted octanol–water partition coefficient (Wildman–Crippen LogP) is 4.72. The molecule has 1 aliphatic rings. The maximum Gasteiger partial charge on any atom is 0.262 e. The molecule has 0 saturated carbocycles. The number of carbonyl (C=O) groups excluding carboxylic acids is 1. The number of nitrogens with one attached hydrogen (secondary N) is 1. The molecule has 1 amide bonds. The molecular weight excluding hydrogens is 322 g/mol. The summed E-state index contributed by atoms with van der Waals surface area (Å²) in [6, 6.07) is 20.0. The van der Waals surface area contributed by atoms with Gasteiger partial charge in [-0.3, -0.25) is 14.7 Å². The molecule has 0 spiro atoms. The van der Waals surface area contributed by atoms with Crippen molar-refractivity contribution < 1.29 is 4.79 Å². The summed E-state index contributed by atoms with van der Waals surface area (Å²) in [6.07, 6.45) is 2.38. The highest BCUT2D eigenvalue weighted by atomic mass is 16.2. The Kier molecular flexibility index (Phi) is 4.17. The SMILES string of the molecule is CCc1cccc(N[C@H]2c3ncccc3C(=O)N2c2ccc(C)cc2)c1. The van der Waals surface area contributed by atoms with Crippen LogP contribution in [0.3, 0.4) is 0 Å². The number of rotatable bonds is 4. The molecule has 4 nitrogen and oxygen atoms in total. The van der Waals surface area contributed by atoms with E-state index >= 15 is 0 Å². The molecule has 1 aliphatic heterocycles. The molecule has 0 aliphatic carbocycles. The number of nitrogens with zero attached hydrogens (tertiary/aromatic N) is 2. The summed E-state index contributed by atoms with van der Waals surface area (Å²) in [5.74, 6) is -0.0268. The Balaban J connectivity index is 1.76. The van der Waals surface area contributed by atoms with Crippen LogP contribution < -0.4 is 10.2 Å². The van der Waals surface area contributed by atoms with E-state index in [0.29, 0.717) is 5.56 Å². The third-order valence-electron chi connectivity index (χ3n) is 4.76. The zero-order chi connectivity index (χ0) is 18.1. The van der Waals surface area contributed by atoms with E-state index in [-0.39, 0.29) is 12.1 Å². The first-order chi connectivity index (χ1) is 12.7. The lowest BCUT2D eigenvalue weighted by Crippen LogP contribution is -2.32. The van der Waals surface area contributed by atoms with Gasteiger partial charge in [-0.2, -0.15) is 0 Å². The highest BCUT2D eigenvalue weighted by molar-refractivity contribution is 6.11. The quantitative estimate of drug-likeness (QED) is 0.745. The molecule has 2 heterocycles. The van der Waals surface area contributed by atoms with Crippen molar-refractivity contribution in [3.05, 3.63) is 89.2 Å². The molecule has 4 heteroatoms. The van der Waals surface area contributed by atoms with Gasteiger partial charge in [0.25, 0.3) is 5.91 Å². The van der Waals surface area contributed by atoms with Crippen molar-refractivity contribution in [1.29, 1.82) is 0 Å². The van der Waals surface area contributed by atoms with E-state index in [0.717, 1.165) is 29.1 Å². The molecule has 2 aromatic carbocycles. The summed E-state index contributed by atoms with van der Waals surface area (Å²) < 4.78 is 0. The third kappa shape index (κ3) is 2.84. The minimum atomic E-state index is -0.325. The molecular formula is C22H21N3O. The van der Waals surface area contributed by atoms with Crippen LogP contribution >= 0.6 is 0 Å². The summed E-state index contributed by atoms with van der Waals surface area (Å²) in [5, 5.41) is 3.51. The number of amides is 1. The second-order valence-electron chi connectivity index (χ2n) is 6.55. The van der Waals surface area contributed by atoms with Crippen molar-refractivity contribution in [3.8, 4) is 0 Å². The molecule has 0 unspecified atom stereocenters. The summed E-state index contributed by atoms with van der Waals surface area (Å²) in [6.45, 7) is 4.17. The lowest BCUT2D eigenvalue weighted by Gasteiger charge is -2.27. The van der Waals surface area contributed by atoms with Crippen LogP contribution in [0.25, 0.3) is 0 Å². The smallest absolute Gasteiger partial charge is 0.262 e. The van der Waals surface area contributed by atoms with Crippen LogP contribution in [0.1, 0.15) is 40.3 Å². The van der Waals surface area contributed by atoms with Gasteiger partial charge in [0, 0.05) is 17.6 Å². The van der Waals surface area contributed by atoms with Gasteiger partial charge < -0.3 is 5.32 Å². The van der Waals surface area contributed by atoms with Gasteiger partial charge in [-0.15, -0.1) is 0 Å². The zero-order valence-corrected chi connectivity index (χ0v) is 14.9. The standard InChI is InChI=1S/C22H21N3O/c1-3-16-6-4-7-17(14-16)24-21-20-19(8-5-13-23-20)22(26)25(21)18-11-9-15(2)10-12-18/h4-14,21,24H,3H2,1-2H3/t21-/m1/s1. The molecule has 26 heavy (non-hydrogen) atoms. The van der Waals surface area contributed by atoms with Crippen LogP contribution in [0.4, 0.5) is 11.4 Å². The average molecular weight is 343 g/mol. The van der Waals surface area contributed by atoms with E-state index in [1.54, 1.807) is 11.1 Å². The minimum absolute atomic E-state index is 0.0268. The van der Waals surface area contributed by atoms with E-state index in [9.17, 15) is 4.79 Å². The minimum Gasteiger partial charge on any atom is -0.360 e. The van der Waals surface area contributed by atoms with Crippen molar-refractivity contribution in [2.75, 3.05) is 10.2 Å². The lowest BCUT2D eigenvalue weighted by atomic mass is 10.1.